The van der Waals surface area contributed by atoms with Gasteiger partial charge in [0.1, 0.15) is 4.32 Å². The first kappa shape index (κ1) is 21.0. The van der Waals surface area contributed by atoms with E-state index in [9.17, 15) is 9.59 Å². The molecule has 1 atom stereocenters. The third-order valence-electron chi connectivity index (χ3n) is 4.55. The highest BCUT2D eigenvalue weighted by Gasteiger charge is 2.35. The van der Waals surface area contributed by atoms with Gasteiger partial charge in [-0.2, -0.15) is 0 Å². The van der Waals surface area contributed by atoms with E-state index >= 15 is 0 Å². The third-order valence-corrected chi connectivity index (χ3v) is 7.21. The molecule has 2 heterocycles. The predicted octanol–water partition coefficient (Wildman–Crippen LogP) is 4.26. The molecule has 8 heteroatoms. The van der Waals surface area contributed by atoms with Gasteiger partial charge in [0.15, 0.2) is 5.13 Å². The molecule has 28 heavy (non-hydrogen) atoms. The number of aryl methyl sites for hydroxylation is 1. The molecule has 2 aromatic rings. The Kier molecular flexibility index (Phi) is 7.20. The van der Waals surface area contributed by atoms with Crippen LogP contribution in [-0.4, -0.2) is 37.8 Å². The summed E-state index contributed by atoms with van der Waals surface area (Å²) in [6, 6.07) is 8.55. The van der Waals surface area contributed by atoms with Crippen LogP contribution in [0, 0.1) is 0 Å². The fourth-order valence-electron chi connectivity index (χ4n) is 2.90. The fourth-order valence-corrected chi connectivity index (χ4v) is 5.23. The quantitative estimate of drug-likeness (QED) is 0.630. The van der Waals surface area contributed by atoms with E-state index < -0.39 is 0 Å². The van der Waals surface area contributed by atoms with Crippen LogP contribution in [0.25, 0.3) is 0 Å². The molecule has 1 saturated heterocycles. The maximum absolute atomic E-state index is 12.2. The second-order valence-electron chi connectivity index (χ2n) is 6.55. The molecule has 0 aliphatic carbocycles. The highest BCUT2D eigenvalue weighted by molar-refractivity contribution is 8.24. The zero-order valence-corrected chi connectivity index (χ0v) is 18.4. The summed E-state index contributed by atoms with van der Waals surface area (Å²) < 4.78 is 0.565. The van der Waals surface area contributed by atoms with Crippen molar-refractivity contribution in [2.45, 2.75) is 44.8 Å². The van der Waals surface area contributed by atoms with Crippen molar-refractivity contribution in [3.8, 4) is 0 Å². The minimum atomic E-state index is -0.159. The monoisotopic (exact) mass is 433 g/mol. The number of carbonyl (C=O) groups is 2. The van der Waals surface area contributed by atoms with Crippen molar-refractivity contribution in [3.63, 3.8) is 0 Å². The molecule has 1 aromatic carbocycles. The van der Waals surface area contributed by atoms with Gasteiger partial charge in [-0.3, -0.25) is 14.5 Å². The number of nitrogens with one attached hydrogen (secondary N) is 1. The van der Waals surface area contributed by atoms with E-state index in [0.29, 0.717) is 16.0 Å². The molecular formula is C20H23N3O2S3. The fraction of sp³-hybridized carbons (Fsp3) is 0.400. The summed E-state index contributed by atoms with van der Waals surface area (Å²) in [5, 5.41) is 3.30. The molecule has 3 rings (SSSR count). The lowest BCUT2D eigenvalue weighted by Gasteiger charge is -2.14. The molecule has 0 spiro atoms. The first-order valence-corrected chi connectivity index (χ1v) is 11.4. The van der Waals surface area contributed by atoms with Crippen LogP contribution in [0.1, 0.15) is 42.7 Å². The topological polar surface area (TPSA) is 62.3 Å². The Bertz CT molecular complexity index is 864. The molecule has 1 aliphatic rings. The molecule has 0 saturated carbocycles. The lowest BCUT2D eigenvalue weighted by molar-refractivity contribution is -0.126. The summed E-state index contributed by atoms with van der Waals surface area (Å²) in [5.41, 5.74) is 2.54. The number of rotatable bonds is 8. The molecule has 1 unspecified atom stereocenters. The van der Waals surface area contributed by atoms with Crippen molar-refractivity contribution in [2.24, 2.45) is 0 Å². The Morgan fingerprint density at radius 2 is 1.96 bits per heavy atom. The summed E-state index contributed by atoms with van der Waals surface area (Å²) in [6.07, 6.45) is 4.58. The molecule has 1 aliphatic heterocycles. The van der Waals surface area contributed by atoms with Crippen LogP contribution >= 0.6 is 35.3 Å². The van der Waals surface area contributed by atoms with Gasteiger partial charge in [-0.05, 0) is 24.0 Å². The lowest BCUT2D eigenvalue weighted by atomic mass is 10.1. The molecular weight excluding hydrogens is 410 g/mol. The van der Waals surface area contributed by atoms with Gasteiger partial charge in [-0.1, -0.05) is 62.1 Å². The van der Waals surface area contributed by atoms with Gasteiger partial charge in [-0.25, -0.2) is 4.98 Å². The van der Waals surface area contributed by atoms with E-state index in [0.717, 1.165) is 24.1 Å². The minimum absolute atomic E-state index is 0.0101. The van der Waals surface area contributed by atoms with E-state index in [1.807, 2.05) is 6.92 Å². The zero-order chi connectivity index (χ0) is 20.1. The highest BCUT2D eigenvalue weighted by atomic mass is 32.2. The lowest BCUT2D eigenvalue weighted by Crippen LogP contribution is -2.33. The number of aromatic nitrogens is 1. The number of amides is 2. The predicted molar refractivity (Wildman–Crippen MR) is 120 cm³/mol. The number of anilines is 1. The Morgan fingerprint density at radius 1 is 1.25 bits per heavy atom. The standard InChI is InChI=1S/C20H23N3O2S3/c1-3-13-5-7-14(8-6-13)11-15-12-21-19(27-15)22-17(24)9-10-23-18(25)16(4-2)28-20(23)26/h5-8,12,16H,3-4,9-11H2,1-2H3,(H,21,22,24). The molecule has 0 radical (unpaired) electrons. The van der Waals surface area contributed by atoms with Crippen LogP contribution in [0.15, 0.2) is 30.5 Å². The normalized spacial score (nSPS) is 16.6. The first-order chi connectivity index (χ1) is 13.5. The number of carbonyl (C=O) groups excluding carboxylic acids is 2. The Labute approximate surface area is 178 Å². The van der Waals surface area contributed by atoms with Gasteiger partial charge in [0.05, 0.1) is 5.25 Å². The van der Waals surface area contributed by atoms with Crippen molar-refractivity contribution in [1.82, 2.24) is 9.88 Å². The zero-order valence-electron chi connectivity index (χ0n) is 15.9. The van der Waals surface area contributed by atoms with Crippen LogP contribution in [0.5, 0.6) is 0 Å². The largest absolute Gasteiger partial charge is 0.302 e. The second-order valence-corrected chi connectivity index (χ2v) is 9.50. The van der Waals surface area contributed by atoms with Gasteiger partial charge in [0, 0.05) is 30.5 Å². The van der Waals surface area contributed by atoms with Crippen molar-refractivity contribution >= 4 is 56.6 Å². The van der Waals surface area contributed by atoms with E-state index in [-0.39, 0.29) is 23.5 Å². The van der Waals surface area contributed by atoms with Crippen molar-refractivity contribution in [1.29, 1.82) is 0 Å². The molecule has 0 bridgehead atoms. The van der Waals surface area contributed by atoms with Gasteiger partial charge >= 0.3 is 0 Å². The molecule has 5 nitrogen and oxygen atoms in total. The van der Waals surface area contributed by atoms with Crippen molar-refractivity contribution in [3.05, 3.63) is 46.5 Å². The molecule has 1 aromatic heterocycles. The Morgan fingerprint density at radius 3 is 2.61 bits per heavy atom. The van der Waals surface area contributed by atoms with Crippen molar-refractivity contribution < 1.29 is 9.59 Å². The number of hydrogen-bond acceptors (Lipinski definition) is 6. The average molecular weight is 434 g/mol. The number of thiocarbonyl (C=S) groups is 1. The number of hydrogen-bond donors (Lipinski definition) is 1. The minimum Gasteiger partial charge on any atom is -0.302 e. The van der Waals surface area contributed by atoms with E-state index in [2.05, 4.69) is 41.5 Å². The van der Waals surface area contributed by atoms with E-state index in [1.54, 1.807) is 11.1 Å². The average Bonchev–Trinajstić information content (AvgIpc) is 3.24. The van der Waals surface area contributed by atoms with Crippen LogP contribution in [-0.2, 0) is 22.4 Å². The van der Waals surface area contributed by atoms with Crippen molar-refractivity contribution in [2.75, 3.05) is 11.9 Å². The molecule has 1 fully saturated rings. The summed E-state index contributed by atoms with van der Waals surface area (Å²) >= 11 is 8.14. The van der Waals surface area contributed by atoms with Crippen LogP contribution in [0.2, 0.25) is 0 Å². The van der Waals surface area contributed by atoms with Crippen LogP contribution < -0.4 is 5.32 Å². The maximum Gasteiger partial charge on any atom is 0.241 e. The smallest absolute Gasteiger partial charge is 0.241 e. The molecule has 2 amide bonds. The van der Waals surface area contributed by atoms with E-state index in [1.165, 1.54) is 34.2 Å². The summed E-state index contributed by atoms with van der Waals surface area (Å²) in [6.45, 7) is 4.42. The second kappa shape index (κ2) is 9.62. The summed E-state index contributed by atoms with van der Waals surface area (Å²) in [7, 11) is 0. The van der Waals surface area contributed by atoms with Crippen LogP contribution in [0.4, 0.5) is 5.13 Å². The highest BCUT2D eigenvalue weighted by Crippen LogP contribution is 2.29. The molecule has 148 valence electrons. The number of nitrogens with zero attached hydrogens (tertiary/aromatic N) is 2. The Hall–Kier alpha value is -1.77. The number of benzene rings is 1. The van der Waals surface area contributed by atoms with Gasteiger partial charge in [0.2, 0.25) is 11.8 Å². The first-order valence-electron chi connectivity index (χ1n) is 9.34. The number of thiazole rings is 1. The summed E-state index contributed by atoms with van der Waals surface area (Å²) in [4.78, 5) is 31.4. The number of thioether (sulfide) groups is 1. The van der Waals surface area contributed by atoms with Gasteiger partial charge in [-0.15, -0.1) is 11.3 Å². The SMILES string of the molecule is CCc1ccc(Cc2cnc(NC(=O)CCN3C(=O)C(CC)SC3=S)s2)cc1. The van der Waals surface area contributed by atoms with Crippen LogP contribution in [0.3, 0.4) is 0 Å². The molecule has 1 N–H and O–H groups in total. The maximum atomic E-state index is 12.2. The summed E-state index contributed by atoms with van der Waals surface area (Å²) in [5.74, 6) is -0.148. The van der Waals surface area contributed by atoms with Gasteiger partial charge < -0.3 is 5.32 Å². The third kappa shape index (κ3) is 5.18. The van der Waals surface area contributed by atoms with Gasteiger partial charge in [0.25, 0.3) is 0 Å². The van der Waals surface area contributed by atoms with E-state index in [4.69, 9.17) is 12.2 Å². The Balaban J connectivity index is 1.49.